The van der Waals surface area contributed by atoms with Crippen molar-refractivity contribution in [2.24, 2.45) is 5.92 Å². The first-order valence-electron chi connectivity index (χ1n) is 10.6. The van der Waals surface area contributed by atoms with Gasteiger partial charge >= 0.3 is 0 Å². The number of nitrogens with zero attached hydrogens (tertiary/aromatic N) is 3. The normalized spacial score (nSPS) is 24.7. The van der Waals surface area contributed by atoms with Gasteiger partial charge in [0.25, 0.3) is 0 Å². The molecule has 0 bridgehead atoms. The molecule has 0 spiro atoms. The minimum absolute atomic E-state index is 0.0463. The van der Waals surface area contributed by atoms with Crippen molar-refractivity contribution in [2.45, 2.75) is 82.6 Å². The van der Waals surface area contributed by atoms with E-state index in [1.165, 1.54) is 25.7 Å². The number of rotatable bonds is 6. The summed E-state index contributed by atoms with van der Waals surface area (Å²) in [5.74, 6) is 2.02. The number of carbonyl (C=O) groups excluding carboxylic acids is 2. The third kappa shape index (κ3) is 4.33. The van der Waals surface area contributed by atoms with E-state index in [-0.39, 0.29) is 17.7 Å². The van der Waals surface area contributed by atoms with Gasteiger partial charge in [0.05, 0.1) is 5.92 Å². The van der Waals surface area contributed by atoms with Gasteiger partial charge in [-0.25, -0.2) is 0 Å². The average molecular weight is 374 g/mol. The molecule has 1 aliphatic heterocycles. The van der Waals surface area contributed by atoms with Crippen LogP contribution in [0, 0.1) is 5.92 Å². The smallest absolute Gasteiger partial charge is 0.229 e. The van der Waals surface area contributed by atoms with E-state index in [0.717, 1.165) is 31.6 Å². The van der Waals surface area contributed by atoms with Crippen molar-refractivity contribution in [2.75, 3.05) is 13.1 Å². The van der Waals surface area contributed by atoms with Gasteiger partial charge in [-0.3, -0.25) is 9.59 Å². The highest BCUT2D eigenvalue weighted by molar-refractivity contribution is 5.84. The van der Waals surface area contributed by atoms with E-state index in [4.69, 9.17) is 4.52 Å². The van der Waals surface area contributed by atoms with Crippen LogP contribution < -0.4 is 5.32 Å². The van der Waals surface area contributed by atoms with Crippen molar-refractivity contribution in [3.05, 3.63) is 11.7 Å². The first kappa shape index (κ1) is 18.4. The van der Waals surface area contributed by atoms with E-state index in [1.807, 2.05) is 4.90 Å². The number of amides is 2. The summed E-state index contributed by atoms with van der Waals surface area (Å²) in [7, 11) is 0. The minimum Gasteiger partial charge on any atom is -0.355 e. The van der Waals surface area contributed by atoms with Crippen LogP contribution in [0.5, 0.6) is 0 Å². The summed E-state index contributed by atoms with van der Waals surface area (Å²) in [6.07, 6.45) is 11.0. The van der Waals surface area contributed by atoms with Gasteiger partial charge in [0.2, 0.25) is 17.7 Å². The standard InChI is InChI=1S/C20H30N4O3/c25-18-10-9-15(13-24(18)16-7-3-4-8-16)19(26)21-12-11-17-22-20(27-23-17)14-5-1-2-6-14/h14-16H,1-13H2,(H,21,26)/t15-/m0/s1. The molecule has 1 N–H and O–H groups in total. The van der Waals surface area contributed by atoms with Gasteiger partial charge in [0.1, 0.15) is 0 Å². The lowest BCUT2D eigenvalue weighted by molar-refractivity contribution is -0.140. The Hall–Kier alpha value is -1.92. The summed E-state index contributed by atoms with van der Waals surface area (Å²) in [6, 6.07) is 0.349. The number of likely N-dealkylation sites (tertiary alicyclic amines) is 1. The molecule has 2 heterocycles. The zero-order valence-electron chi connectivity index (χ0n) is 16.0. The fourth-order valence-corrected chi connectivity index (χ4v) is 4.80. The Balaban J connectivity index is 1.23. The van der Waals surface area contributed by atoms with Crippen LogP contribution in [0.3, 0.4) is 0 Å². The molecule has 7 heteroatoms. The Kier molecular flexibility index (Phi) is 5.74. The van der Waals surface area contributed by atoms with Crippen LogP contribution in [0.1, 0.15) is 81.8 Å². The van der Waals surface area contributed by atoms with Gasteiger partial charge < -0.3 is 14.7 Å². The summed E-state index contributed by atoms with van der Waals surface area (Å²) in [6.45, 7) is 1.08. The lowest BCUT2D eigenvalue weighted by atomic mass is 9.95. The first-order valence-corrected chi connectivity index (χ1v) is 10.6. The first-order chi connectivity index (χ1) is 13.2. The average Bonchev–Trinajstić information content (AvgIpc) is 3.43. The fourth-order valence-electron chi connectivity index (χ4n) is 4.80. The molecule has 1 saturated heterocycles. The quantitative estimate of drug-likeness (QED) is 0.827. The molecular formula is C20H30N4O3. The van der Waals surface area contributed by atoms with E-state index in [2.05, 4.69) is 15.5 Å². The molecule has 7 nitrogen and oxygen atoms in total. The number of nitrogens with one attached hydrogen (secondary N) is 1. The lowest BCUT2D eigenvalue weighted by Crippen LogP contribution is -2.49. The Morgan fingerprint density at radius 3 is 2.63 bits per heavy atom. The third-order valence-corrected chi connectivity index (χ3v) is 6.42. The molecule has 148 valence electrons. The molecule has 0 unspecified atom stereocenters. The van der Waals surface area contributed by atoms with Gasteiger partial charge in [-0.2, -0.15) is 4.98 Å². The Morgan fingerprint density at radius 2 is 1.85 bits per heavy atom. The van der Waals surface area contributed by atoms with E-state index < -0.39 is 0 Å². The molecule has 1 aromatic rings. The highest BCUT2D eigenvalue weighted by atomic mass is 16.5. The van der Waals surface area contributed by atoms with Crippen LogP contribution in [-0.2, 0) is 16.0 Å². The molecular weight excluding hydrogens is 344 g/mol. The second-order valence-corrected chi connectivity index (χ2v) is 8.29. The van der Waals surface area contributed by atoms with E-state index >= 15 is 0 Å². The molecule has 0 radical (unpaired) electrons. The largest absolute Gasteiger partial charge is 0.355 e. The van der Waals surface area contributed by atoms with Gasteiger partial charge in [-0.05, 0) is 32.1 Å². The highest BCUT2D eigenvalue weighted by Crippen LogP contribution is 2.33. The second-order valence-electron chi connectivity index (χ2n) is 8.29. The number of hydrogen-bond acceptors (Lipinski definition) is 5. The summed E-state index contributed by atoms with van der Waals surface area (Å²) in [4.78, 5) is 31.2. The van der Waals surface area contributed by atoms with Crippen LogP contribution in [0.25, 0.3) is 0 Å². The van der Waals surface area contributed by atoms with E-state index in [1.54, 1.807) is 0 Å². The maximum absolute atomic E-state index is 12.6. The van der Waals surface area contributed by atoms with Crippen molar-refractivity contribution in [3.63, 3.8) is 0 Å². The fraction of sp³-hybridized carbons (Fsp3) is 0.800. The van der Waals surface area contributed by atoms with Gasteiger partial charge in [0.15, 0.2) is 5.82 Å². The Morgan fingerprint density at radius 1 is 1.11 bits per heavy atom. The zero-order valence-corrected chi connectivity index (χ0v) is 16.0. The molecule has 1 aromatic heterocycles. The van der Waals surface area contributed by atoms with E-state index in [9.17, 15) is 9.59 Å². The van der Waals surface area contributed by atoms with Gasteiger partial charge in [-0.15, -0.1) is 0 Å². The molecule has 27 heavy (non-hydrogen) atoms. The summed E-state index contributed by atoms with van der Waals surface area (Å²) < 4.78 is 5.39. The molecule has 3 aliphatic rings. The maximum atomic E-state index is 12.6. The number of piperidine rings is 1. The molecule has 1 atom stereocenters. The highest BCUT2D eigenvalue weighted by Gasteiger charge is 2.35. The van der Waals surface area contributed by atoms with Gasteiger partial charge in [0, 0.05) is 37.9 Å². The molecule has 4 rings (SSSR count). The van der Waals surface area contributed by atoms with Crippen LogP contribution in [0.2, 0.25) is 0 Å². The second kappa shape index (κ2) is 8.40. The Labute approximate surface area is 160 Å². The predicted molar refractivity (Wildman–Crippen MR) is 98.9 cm³/mol. The maximum Gasteiger partial charge on any atom is 0.229 e. The monoisotopic (exact) mass is 374 g/mol. The van der Waals surface area contributed by atoms with Crippen molar-refractivity contribution in [1.29, 1.82) is 0 Å². The van der Waals surface area contributed by atoms with Crippen LogP contribution in [0.4, 0.5) is 0 Å². The third-order valence-electron chi connectivity index (χ3n) is 6.42. The molecule has 0 aromatic carbocycles. The van der Waals surface area contributed by atoms with Crippen molar-refractivity contribution in [1.82, 2.24) is 20.4 Å². The van der Waals surface area contributed by atoms with Gasteiger partial charge in [-0.1, -0.05) is 30.8 Å². The van der Waals surface area contributed by atoms with Crippen molar-refractivity contribution >= 4 is 11.8 Å². The Bertz CT molecular complexity index is 662. The zero-order chi connectivity index (χ0) is 18.6. The topological polar surface area (TPSA) is 88.3 Å². The summed E-state index contributed by atoms with van der Waals surface area (Å²) >= 11 is 0. The molecule has 2 amide bonds. The number of aromatic nitrogens is 2. The van der Waals surface area contributed by atoms with Crippen LogP contribution in [-0.4, -0.2) is 46.0 Å². The molecule has 2 aliphatic carbocycles. The minimum atomic E-state index is -0.0948. The van der Waals surface area contributed by atoms with Crippen LogP contribution >= 0.6 is 0 Å². The summed E-state index contributed by atoms with van der Waals surface area (Å²) in [5, 5.41) is 7.06. The SMILES string of the molecule is O=C(NCCc1noc(C2CCCC2)n1)[C@H]1CCC(=O)N(C2CCCC2)C1. The van der Waals surface area contributed by atoms with Crippen LogP contribution in [0.15, 0.2) is 4.52 Å². The number of carbonyl (C=O) groups is 2. The molecule has 2 saturated carbocycles. The van der Waals surface area contributed by atoms with Crippen molar-refractivity contribution < 1.29 is 14.1 Å². The van der Waals surface area contributed by atoms with E-state index in [0.29, 0.717) is 50.1 Å². The number of hydrogen-bond donors (Lipinski definition) is 1. The molecule has 3 fully saturated rings. The lowest BCUT2D eigenvalue weighted by Gasteiger charge is -2.36. The summed E-state index contributed by atoms with van der Waals surface area (Å²) in [5.41, 5.74) is 0. The predicted octanol–water partition coefficient (Wildman–Crippen LogP) is 2.57. The van der Waals surface area contributed by atoms with Crippen molar-refractivity contribution in [3.8, 4) is 0 Å².